The molecule has 0 aliphatic heterocycles. The lowest BCUT2D eigenvalue weighted by molar-refractivity contribution is 0.178. The number of aromatic nitrogens is 3. The zero-order chi connectivity index (χ0) is 22.1. The molecule has 0 unspecified atom stereocenters. The maximum atomic E-state index is 5.23. The van der Waals surface area contributed by atoms with Gasteiger partial charge in [0.15, 0.2) is 11.8 Å². The first-order valence-corrected chi connectivity index (χ1v) is 10.6. The molecule has 0 aliphatic rings. The second kappa shape index (κ2) is 13.5. The second-order valence-corrected chi connectivity index (χ2v) is 7.94. The Morgan fingerprint density at radius 2 is 1.74 bits per heavy atom. The molecule has 0 atom stereocenters. The maximum absolute atomic E-state index is 5.23. The largest absolute Gasteiger partial charge is 0.497 e. The van der Waals surface area contributed by atoms with E-state index < -0.39 is 0 Å². The molecule has 0 saturated heterocycles. The third-order valence-electron chi connectivity index (χ3n) is 5.16. The molecule has 9 heteroatoms. The highest BCUT2D eigenvalue weighted by atomic mass is 127. The second-order valence-electron chi connectivity index (χ2n) is 7.94. The number of benzene rings is 1. The van der Waals surface area contributed by atoms with Gasteiger partial charge in [-0.25, -0.2) is 4.99 Å². The number of aliphatic imine (C=N–C) groups is 1. The number of hydrogen-bond donors (Lipinski definition) is 2. The molecule has 0 spiro atoms. The summed E-state index contributed by atoms with van der Waals surface area (Å²) in [7, 11) is 3.64. The van der Waals surface area contributed by atoms with Crippen LogP contribution in [-0.2, 0) is 20.1 Å². The molecule has 0 amide bonds. The summed E-state index contributed by atoms with van der Waals surface area (Å²) in [6, 6.07) is 8.98. The van der Waals surface area contributed by atoms with E-state index in [9.17, 15) is 0 Å². The smallest absolute Gasteiger partial charge is 0.192 e. The Labute approximate surface area is 203 Å². The SMILES string of the molecule is COc1ccc(CN=C(NCCN(C(C)C)C(C)C)NCc2nnc(C)n2C)cc1.I. The van der Waals surface area contributed by atoms with E-state index in [4.69, 9.17) is 9.73 Å². The third-order valence-corrected chi connectivity index (χ3v) is 5.16. The van der Waals surface area contributed by atoms with E-state index in [0.717, 1.165) is 42.0 Å². The molecule has 0 saturated carbocycles. The summed E-state index contributed by atoms with van der Waals surface area (Å²) in [5.41, 5.74) is 1.12. The molecule has 31 heavy (non-hydrogen) atoms. The molecule has 0 bridgehead atoms. The first-order valence-electron chi connectivity index (χ1n) is 10.6. The van der Waals surface area contributed by atoms with Gasteiger partial charge in [0.25, 0.3) is 0 Å². The van der Waals surface area contributed by atoms with Crippen LogP contribution in [-0.4, -0.2) is 57.9 Å². The maximum Gasteiger partial charge on any atom is 0.192 e. The summed E-state index contributed by atoms with van der Waals surface area (Å²) >= 11 is 0. The van der Waals surface area contributed by atoms with Crippen molar-refractivity contribution in [1.82, 2.24) is 30.3 Å². The average molecular weight is 543 g/mol. The number of ether oxygens (including phenoxy) is 1. The highest BCUT2D eigenvalue weighted by molar-refractivity contribution is 14.0. The Morgan fingerprint density at radius 3 is 2.26 bits per heavy atom. The predicted molar refractivity (Wildman–Crippen MR) is 137 cm³/mol. The molecule has 2 rings (SSSR count). The van der Waals surface area contributed by atoms with E-state index >= 15 is 0 Å². The van der Waals surface area contributed by atoms with E-state index in [-0.39, 0.29) is 24.0 Å². The van der Waals surface area contributed by atoms with Crippen LogP contribution in [0.5, 0.6) is 5.75 Å². The number of aryl methyl sites for hydroxylation is 1. The van der Waals surface area contributed by atoms with Gasteiger partial charge in [-0.05, 0) is 52.3 Å². The van der Waals surface area contributed by atoms with Crippen molar-refractivity contribution in [3.63, 3.8) is 0 Å². The molecule has 1 aromatic heterocycles. The molecule has 1 heterocycles. The molecule has 1 aromatic carbocycles. The molecule has 2 N–H and O–H groups in total. The van der Waals surface area contributed by atoms with Gasteiger partial charge in [-0.3, -0.25) is 4.90 Å². The first kappa shape index (κ1) is 27.2. The van der Waals surface area contributed by atoms with Crippen LogP contribution in [0.2, 0.25) is 0 Å². The van der Waals surface area contributed by atoms with E-state index in [1.807, 2.05) is 42.8 Å². The number of halogens is 1. The Balaban J connectivity index is 0.00000480. The molecule has 8 nitrogen and oxygen atoms in total. The average Bonchev–Trinajstić information content (AvgIpc) is 3.04. The van der Waals surface area contributed by atoms with Crippen molar-refractivity contribution in [2.75, 3.05) is 20.2 Å². The quantitative estimate of drug-likeness (QED) is 0.273. The number of rotatable bonds is 10. The van der Waals surface area contributed by atoms with E-state index in [1.165, 1.54) is 0 Å². The zero-order valence-electron chi connectivity index (χ0n) is 19.8. The summed E-state index contributed by atoms with van der Waals surface area (Å²) in [5.74, 6) is 3.37. The fourth-order valence-corrected chi connectivity index (χ4v) is 3.26. The number of methoxy groups -OCH3 is 1. The molecule has 0 aliphatic carbocycles. The topological polar surface area (TPSA) is 79.6 Å². The van der Waals surface area contributed by atoms with Gasteiger partial charge in [0, 0.05) is 32.2 Å². The van der Waals surface area contributed by atoms with Crippen molar-refractivity contribution in [3.8, 4) is 5.75 Å². The van der Waals surface area contributed by atoms with Gasteiger partial charge >= 0.3 is 0 Å². The van der Waals surface area contributed by atoms with Crippen molar-refractivity contribution >= 4 is 29.9 Å². The molecule has 0 radical (unpaired) electrons. The Morgan fingerprint density at radius 1 is 1.10 bits per heavy atom. The van der Waals surface area contributed by atoms with Crippen LogP contribution in [0.3, 0.4) is 0 Å². The number of nitrogens with zero attached hydrogens (tertiary/aromatic N) is 5. The minimum Gasteiger partial charge on any atom is -0.497 e. The van der Waals surface area contributed by atoms with Crippen LogP contribution in [0.1, 0.15) is 44.9 Å². The van der Waals surface area contributed by atoms with Gasteiger partial charge in [-0.15, -0.1) is 34.2 Å². The van der Waals surface area contributed by atoms with Crippen LogP contribution in [0.25, 0.3) is 0 Å². The van der Waals surface area contributed by atoms with Gasteiger partial charge in [0.2, 0.25) is 0 Å². The molecule has 0 fully saturated rings. The summed E-state index contributed by atoms with van der Waals surface area (Å²) in [6.45, 7) is 13.8. The minimum atomic E-state index is 0. The van der Waals surface area contributed by atoms with Crippen LogP contribution < -0.4 is 15.4 Å². The van der Waals surface area contributed by atoms with Crippen molar-refractivity contribution in [3.05, 3.63) is 41.5 Å². The summed E-state index contributed by atoms with van der Waals surface area (Å²) in [4.78, 5) is 7.22. The number of guanidine groups is 1. The normalized spacial score (nSPS) is 11.7. The van der Waals surface area contributed by atoms with Gasteiger partial charge in [0.05, 0.1) is 20.2 Å². The van der Waals surface area contributed by atoms with Crippen LogP contribution in [0, 0.1) is 6.92 Å². The third kappa shape index (κ3) is 8.64. The molecular formula is C22H38IN7O. The van der Waals surface area contributed by atoms with Crippen molar-refractivity contribution in [2.45, 2.75) is 59.8 Å². The van der Waals surface area contributed by atoms with Crippen molar-refractivity contribution in [1.29, 1.82) is 0 Å². The lowest BCUT2D eigenvalue weighted by atomic mass is 10.2. The van der Waals surface area contributed by atoms with Crippen LogP contribution in [0.15, 0.2) is 29.3 Å². The predicted octanol–water partition coefficient (Wildman–Crippen LogP) is 3.10. The molecule has 174 valence electrons. The Bertz CT molecular complexity index is 795. The fraction of sp³-hybridized carbons (Fsp3) is 0.591. The van der Waals surface area contributed by atoms with Gasteiger partial charge < -0.3 is 19.9 Å². The van der Waals surface area contributed by atoms with Gasteiger partial charge in [-0.1, -0.05) is 12.1 Å². The van der Waals surface area contributed by atoms with Gasteiger partial charge in [0.1, 0.15) is 11.6 Å². The monoisotopic (exact) mass is 543 g/mol. The summed E-state index contributed by atoms with van der Waals surface area (Å²) in [5, 5.41) is 15.2. The van der Waals surface area contributed by atoms with Crippen LogP contribution >= 0.6 is 24.0 Å². The summed E-state index contributed by atoms with van der Waals surface area (Å²) in [6.07, 6.45) is 0. The lowest BCUT2D eigenvalue weighted by Crippen LogP contribution is -2.45. The Hall–Kier alpha value is -1.88. The molecule has 2 aromatic rings. The highest BCUT2D eigenvalue weighted by Crippen LogP contribution is 2.12. The van der Waals surface area contributed by atoms with Crippen LogP contribution in [0.4, 0.5) is 0 Å². The summed E-state index contributed by atoms with van der Waals surface area (Å²) < 4.78 is 7.21. The minimum absolute atomic E-state index is 0. The number of hydrogen-bond acceptors (Lipinski definition) is 5. The standard InChI is InChI=1S/C22H37N7O.HI/c1-16(2)29(17(3)4)13-12-23-22(25-15-21-27-26-18(5)28(21)6)24-14-19-8-10-20(30-7)11-9-19;/h8-11,16-17H,12-15H2,1-7H3,(H2,23,24,25);1H. The fourth-order valence-electron chi connectivity index (χ4n) is 3.26. The van der Waals surface area contributed by atoms with Gasteiger partial charge in [-0.2, -0.15) is 0 Å². The molecular weight excluding hydrogens is 505 g/mol. The van der Waals surface area contributed by atoms with Crippen molar-refractivity contribution in [2.24, 2.45) is 12.0 Å². The first-order chi connectivity index (χ1) is 14.3. The van der Waals surface area contributed by atoms with E-state index in [0.29, 0.717) is 25.2 Å². The lowest BCUT2D eigenvalue weighted by Gasteiger charge is -2.30. The van der Waals surface area contributed by atoms with E-state index in [1.54, 1.807) is 7.11 Å². The van der Waals surface area contributed by atoms with E-state index in [2.05, 4.69) is 53.4 Å². The van der Waals surface area contributed by atoms with Crippen molar-refractivity contribution < 1.29 is 4.74 Å². The number of nitrogens with one attached hydrogen (secondary N) is 2. The Kier molecular flexibility index (Phi) is 11.8. The zero-order valence-corrected chi connectivity index (χ0v) is 22.2. The highest BCUT2D eigenvalue weighted by Gasteiger charge is 2.13.